The van der Waals surface area contributed by atoms with Gasteiger partial charge in [0.1, 0.15) is 21.7 Å². The van der Waals surface area contributed by atoms with Gasteiger partial charge in [0.2, 0.25) is 0 Å². The number of thiophene rings is 1. The number of rotatable bonds is 7. The minimum Gasteiger partial charge on any atom is -0.495 e. The van der Waals surface area contributed by atoms with E-state index in [0.29, 0.717) is 51.1 Å². The molecule has 0 bridgehead atoms. The molecule has 11 heteroatoms. The smallest absolute Gasteiger partial charge is 0.270 e. The number of aromatic nitrogens is 1. The molecule has 0 N–H and O–H groups in total. The first-order chi connectivity index (χ1) is 14.6. The largest absolute Gasteiger partial charge is 0.495 e. The molecule has 0 radical (unpaired) electrons. The summed E-state index contributed by atoms with van der Waals surface area (Å²) in [5.74, 6) is 1.24. The van der Waals surface area contributed by atoms with Crippen LogP contribution in [0.15, 0.2) is 24.3 Å². The quantitative estimate of drug-likeness (QED) is 0.475. The monoisotopic (exact) mass is 503 g/mol. The number of benzene rings is 1. The van der Waals surface area contributed by atoms with Crippen molar-refractivity contribution in [1.82, 2.24) is 9.88 Å². The molecule has 1 saturated heterocycles. The van der Waals surface area contributed by atoms with Gasteiger partial charge >= 0.3 is 0 Å². The van der Waals surface area contributed by atoms with E-state index in [9.17, 15) is 4.79 Å². The molecule has 168 valence electrons. The van der Waals surface area contributed by atoms with Gasteiger partial charge in [0.05, 0.1) is 36.6 Å². The average Bonchev–Trinajstić information content (AvgIpc) is 3.40. The van der Waals surface area contributed by atoms with E-state index in [2.05, 4.69) is 4.90 Å². The van der Waals surface area contributed by atoms with E-state index in [0.717, 1.165) is 24.3 Å². The number of carbonyl (C=O) groups excluding carboxylic acids is 1. The van der Waals surface area contributed by atoms with Gasteiger partial charge in [0.25, 0.3) is 5.91 Å². The number of thiazole rings is 1. The van der Waals surface area contributed by atoms with Gasteiger partial charge in [-0.2, -0.15) is 0 Å². The molecule has 31 heavy (non-hydrogen) atoms. The number of carbonyl (C=O) groups is 1. The Hall–Kier alpha value is -1.62. The lowest BCUT2D eigenvalue weighted by molar-refractivity contribution is 0.0391. The molecule has 0 saturated carbocycles. The van der Waals surface area contributed by atoms with Crippen LogP contribution in [0.1, 0.15) is 9.67 Å². The van der Waals surface area contributed by atoms with Gasteiger partial charge in [-0.3, -0.25) is 14.6 Å². The molecular formula is C20H23Cl2N3O4S2. The van der Waals surface area contributed by atoms with Crippen LogP contribution in [-0.2, 0) is 4.74 Å². The van der Waals surface area contributed by atoms with Gasteiger partial charge < -0.3 is 14.2 Å². The highest BCUT2D eigenvalue weighted by molar-refractivity contribution is 7.23. The van der Waals surface area contributed by atoms with Crippen LogP contribution in [0, 0.1) is 0 Å². The van der Waals surface area contributed by atoms with Crippen molar-refractivity contribution in [2.24, 2.45) is 0 Å². The van der Waals surface area contributed by atoms with Gasteiger partial charge in [0, 0.05) is 26.2 Å². The lowest BCUT2D eigenvalue weighted by Crippen LogP contribution is -2.43. The number of hydrogen-bond acceptors (Lipinski definition) is 8. The molecule has 2 aromatic heterocycles. The summed E-state index contributed by atoms with van der Waals surface area (Å²) in [5.41, 5.74) is 0.685. The molecular weight excluding hydrogens is 481 g/mol. The zero-order chi connectivity index (χ0) is 21.1. The standard InChI is InChI=1S/C20H22ClN3O4S2.ClH/c1-26-13-3-4-14(27-2)18-17(13)22-20(30-18)24(8-7-23-9-11-28-12-10-23)19(25)15-5-6-16(21)29-15;/h3-6H,7-12H2,1-2H3;1H. The van der Waals surface area contributed by atoms with E-state index < -0.39 is 0 Å². The number of ether oxygens (including phenoxy) is 3. The molecule has 1 aromatic carbocycles. The van der Waals surface area contributed by atoms with Crippen LogP contribution in [0.25, 0.3) is 10.2 Å². The van der Waals surface area contributed by atoms with Gasteiger partial charge in [-0.05, 0) is 24.3 Å². The molecule has 0 unspecified atom stereocenters. The van der Waals surface area contributed by atoms with Crippen LogP contribution in [0.5, 0.6) is 11.5 Å². The van der Waals surface area contributed by atoms with Gasteiger partial charge in [0.15, 0.2) is 5.13 Å². The third kappa shape index (κ3) is 5.24. The first kappa shape index (κ1) is 24.0. The Labute approximate surface area is 199 Å². The summed E-state index contributed by atoms with van der Waals surface area (Å²) in [5, 5.41) is 0.607. The van der Waals surface area contributed by atoms with Crippen molar-refractivity contribution in [2.75, 3.05) is 58.5 Å². The second-order valence-electron chi connectivity index (χ2n) is 6.66. The SMILES string of the molecule is COc1ccc(OC)c2sc(N(CCN3CCOCC3)C(=O)c3ccc(Cl)s3)nc12.Cl. The zero-order valence-corrected chi connectivity index (χ0v) is 20.3. The maximum absolute atomic E-state index is 13.4. The summed E-state index contributed by atoms with van der Waals surface area (Å²) in [6.45, 7) is 4.38. The van der Waals surface area contributed by atoms with Crippen molar-refractivity contribution in [2.45, 2.75) is 0 Å². The normalized spacial score (nSPS) is 14.3. The molecule has 1 amide bonds. The van der Waals surface area contributed by atoms with E-state index in [-0.39, 0.29) is 18.3 Å². The number of anilines is 1. The molecule has 1 aliphatic heterocycles. The van der Waals surface area contributed by atoms with Crippen LogP contribution >= 0.6 is 46.7 Å². The average molecular weight is 504 g/mol. The fourth-order valence-electron chi connectivity index (χ4n) is 3.30. The predicted molar refractivity (Wildman–Crippen MR) is 128 cm³/mol. The topological polar surface area (TPSA) is 64.1 Å². The Morgan fingerprint density at radius 1 is 1.16 bits per heavy atom. The summed E-state index contributed by atoms with van der Waals surface area (Å²) in [7, 11) is 3.23. The van der Waals surface area contributed by atoms with Crippen molar-refractivity contribution in [1.29, 1.82) is 0 Å². The van der Waals surface area contributed by atoms with Gasteiger partial charge in [-0.1, -0.05) is 22.9 Å². The van der Waals surface area contributed by atoms with Crippen molar-refractivity contribution in [3.05, 3.63) is 33.5 Å². The van der Waals surface area contributed by atoms with Crippen LogP contribution in [0.4, 0.5) is 5.13 Å². The second-order valence-corrected chi connectivity index (χ2v) is 9.35. The highest BCUT2D eigenvalue weighted by atomic mass is 35.5. The minimum atomic E-state index is -0.114. The molecule has 0 atom stereocenters. The van der Waals surface area contributed by atoms with E-state index in [1.807, 2.05) is 12.1 Å². The minimum absolute atomic E-state index is 0. The third-order valence-electron chi connectivity index (χ3n) is 4.90. The lowest BCUT2D eigenvalue weighted by atomic mass is 10.3. The molecule has 0 aliphatic carbocycles. The molecule has 1 fully saturated rings. The van der Waals surface area contributed by atoms with Crippen molar-refractivity contribution < 1.29 is 19.0 Å². The Balaban J connectivity index is 0.00000272. The first-order valence-electron chi connectivity index (χ1n) is 9.49. The highest BCUT2D eigenvalue weighted by Crippen LogP contribution is 2.40. The van der Waals surface area contributed by atoms with Crippen LogP contribution in [0.2, 0.25) is 4.34 Å². The maximum atomic E-state index is 13.4. The molecule has 0 spiro atoms. The van der Waals surface area contributed by atoms with E-state index in [4.69, 9.17) is 30.8 Å². The van der Waals surface area contributed by atoms with Crippen LogP contribution in [-0.4, -0.2) is 69.4 Å². The summed E-state index contributed by atoms with van der Waals surface area (Å²) in [4.78, 5) is 22.7. The number of nitrogens with zero attached hydrogens (tertiary/aromatic N) is 3. The molecule has 3 aromatic rings. The Kier molecular flexibility index (Phi) is 8.37. The number of methoxy groups -OCH3 is 2. The fourth-order valence-corrected chi connectivity index (χ4v) is 5.39. The summed E-state index contributed by atoms with van der Waals surface area (Å²) >= 11 is 8.77. The number of hydrogen-bond donors (Lipinski definition) is 0. The van der Waals surface area contributed by atoms with Crippen LogP contribution < -0.4 is 14.4 Å². The Morgan fingerprint density at radius 3 is 2.52 bits per heavy atom. The van der Waals surface area contributed by atoms with Crippen molar-refractivity contribution in [3.8, 4) is 11.5 Å². The maximum Gasteiger partial charge on any atom is 0.270 e. The second kappa shape index (κ2) is 10.8. The fraction of sp³-hybridized carbons (Fsp3) is 0.400. The highest BCUT2D eigenvalue weighted by Gasteiger charge is 2.25. The summed E-state index contributed by atoms with van der Waals surface area (Å²) in [6, 6.07) is 7.17. The van der Waals surface area contributed by atoms with E-state index in [1.54, 1.807) is 31.3 Å². The number of halogens is 2. The number of fused-ring (bicyclic) bond motifs is 1. The van der Waals surface area contributed by atoms with Crippen molar-refractivity contribution in [3.63, 3.8) is 0 Å². The molecule has 3 heterocycles. The summed E-state index contributed by atoms with van der Waals surface area (Å²) < 4.78 is 17.8. The molecule has 7 nitrogen and oxygen atoms in total. The Morgan fingerprint density at radius 2 is 1.87 bits per heavy atom. The van der Waals surface area contributed by atoms with Crippen molar-refractivity contribution >= 4 is 67.9 Å². The van der Waals surface area contributed by atoms with E-state index >= 15 is 0 Å². The van der Waals surface area contributed by atoms with Gasteiger partial charge in [-0.15, -0.1) is 23.7 Å². The third-order valence-corrected chi connectivity index (χ3v) is 7.21. The lowest BCUT2D eigenvalue weighted by Gasteiger charge is -2.29. The van der Waals surface area contributed by atoms with Gasteiger partial charge in [-0.25, -0.2) is 4.98 Å². The first-order valence-corrected chi connectivity index (χ1v) is 11.5. The number of amides is 1. The van der Waals surface area contributed by atoms with E-state index in [1.165, 1.54) is 22.7 Å². The molecule has 1 aliphatic rings. The summed E-state index contributed by atoms with van der Waals surface area (Å²) in [6.07, 6.45) is 0. The van der Waals surface area contributed by atoms with Crippen LogP contribution in [0.3, 0.4) is 0 Å². The predicted octanol–water partition coefficient (Wildman–Crippen LogP) is 4.43. The zero-order valence-electron chi connectivity index (χ0n) is 17.1. The number of morpholine rings is 1. The Bertz CT molecular complexity index is 996. The molecule has 4 rings (SSSR count).